The van der Waals surface area contributed by atoms with Crippen molar-refractivity contribution in [3.63, 3.8) is 0 Å². The second-order valence-electron chi connectivity index (χ2n) is 3.37. The third-order valence-corrected chi connectivity index (χ3v) is 1.93. The first-order valence-electron chi connectivity index (χ1n) is 4.40. The lowest BCUT2D eigenvalue weighted by molar-refractivity contribution is 0.526. The van der Waals surface area contributed by atoms with E-state index in [-0.39, 0.29) is 0 Å². The Kier molecular flexibility index (Phi) is 2.87. The number of hydrogen-bond donors (Lipinski definition) is 1. The molecular weight excluding hydrogens is 150 g/mol. The monoisotopic (exact) mass is 167 g/mol. The maximum atomic E-state index is 5.47. The van der Waals surface area contributed by atoms with Gasteiger partial charge in [-0.1, -0.05) is 0 Å². The molecule has 1 aromatic heterocycles. The van der Waals surface area contributed by atoms with Gasteiger partial charge < -0.3 is 5.73 Å². The Labute approximate surface area is 73.6 Å². The van der Waals surface area contributed by atoms with Crippen molar-refractivity contribution in [2.24, 2.45) is 5.73 Å². The highest BCUT2D eigenvalue weighted by Crippen LogP contribution is 2.09. The van der Waals surface area contributed by atoms with E-state index < -0.39 is 0 Å². The first kappa shape index (κ1) is 9.26. The van der Waals surface area contributed by atoms with Gasteiger partial charge in [-0.05, 0) is 32.9 Å². The molecule has 0 saturated heterocycles. The average molecular weight is 167 g/mol. The van der Waals surface area contributed by atoms with E-state index >= 15 is 0 Å². The van der Waals surface area contributed by atoms with E-state index in [1.165, 1.54) is 5.56 Å². The minimum Gasteiger partial charge on any atom is -0.330 e. The maximum absolute atomic E-state index is 5.47. The Bertz CT molecular complexity index is 250. The van der Waals surface area contributed by atoms with Crippen LogP contribution in [0.2, 0.25) is 0 Å². The van der Waals surface area contributed by atoms with E-state index in [1.54, 1.807) is 0 Å². The fourth-order valence-electron chi connectivity index (χ4n) is 1.17. The van der Waals surface area contributed by atoms with E-state index in [2.05, 4.69) is 32.1 Å². The molecule has 3 heteroatoms. The molecule has 2 N–H and O–H groups in total. The van der Waals surface area contributed by atoms with Crippen molar-refractivity contribution in [2.45, 2.75) is 33.2 Å². The Morgan fingerprint density at radius 3 is 2.67 bits per heavy atom. The summed E-state index contributed by atoms with van der Waals surface area (Å²) < 4.78 is 1.99. The average Bonchev–Trinajstić information content (AvgIpc) is 2.34. The molecule has 1 aromatic rings. The summed E-state index contributed by atoms with van der Waals surface area (Å²) in [6.45, 7) is 7.00. The van der Waals surface area contributed by atoms with E-state index in [0.717, 1.165) is 12.1 Å². The van der Waals surface area contributed by atoms with Gasteiger partial charge in [-0.2, -0.15) is 5.10 Å². The van der Waals surface area contributed by atoms with Gasteiger partial charge in [0.2, 0.25) is 0 Å². The van der Waals surface area contributed by atoms with Crippen molar-refractivity contribution >= 4 is 0 Å². The third kappa shape index (κ3) is 1.85. The van der Waals surface area contributed by atoms with Crippen LogP contribution >= 0.6 is 0 Å². The molecule has 0 unspecified atom stereocenters. The van der Waals surface area contributed by atoms with Crippen LogP contribution in [0.3, 0.4) is 0 Å². The summed E-state index contributed by atoms with van der Waals surface area (Å²) in [5.41, 5.74) is 7.84. The lowest BCUT2D eigenvalue weighted by Crippen LogP contribution is -2.06. The zero-order valence-corrected chi connectivity index (χ0v) is 8.04. The van der Waals surface area contributed by atoms with Crippen LogP contribution in [0.15, 0.2) is 6.20 Å². The predicted octanol–water partition coefficient (Wildman–Crippen LogP) is 1.27. The van der Waals surface area contributed by atoms with Crippen LogP contribution in [0.5, 0.6) is 0 Å². The summed E-state index contributed by atoms with van der Waals surface area (Å²) >= 11 is 0. The molecular formula is C9H17N3. The second kappa shape index (κ2) is 3.72. The minimum absolute atomic E-state index is 0.440. The normalized spacial score (nSPS) is 11.1. The van der Waals surface area contributed by atoms with E-state index in [0.29, 0.717) is 12.6 Å². The lowest BCUT2D eigenvalue weighted by Gasteiger charge is -2.03. The highest BCUT2D eigenvalue weighted by molar-refractivity contribution is 5.15. The molecule has 0 fully saturated rings. The second-order valence-corrected chi connectivity index (χ2v) is 3.37. The van der Waals surface area contributed by atoms with Gasteiger partial charge in [-0.15, -0.1) is 0 Å². The molecule has 0 aliphatic heterocycles. The molecule has 0 amide bonds. The number of aromatic nitrogens is 2. The van der Waals surface area contributed by atoms with Gasteiger partial charge in [-0.3, -0.25) is 4.68 Å². The van der Waals surface area contributed by atoms with Crippen LogP contribution in [0, 0.1) is 6.92 Å². The number of hydrogen-bond acceptors (Lipinski definition) is 2. The van der Waals surface area contributed by atoms with Crippen LogP contribution < -0.4 is 5.73 Å². The Morgan fingerprint density at radius 2 is 2.25 bits per heavy atom. The van der Waals surface area contributed by atoms with Gasteiger partial charge in [-0.25, -0.2) is 0 Å². The van der Waals surface area contributed by atoms with Crippen LogP contribution in [0.1, 0.15) is 31.1 Å². The van der Waals surface area contributed by atoms with Crippen molar-refractivity contribution in [3.05, 3.63) is 17.5 Å². The van der Waals surface area contributed by atoms with Gasteiger partial charge in [0.25, 0.3) is 0 Å². The predicted molar refractivity (Wildman–Crippen MR) is 50.1 cm³/mol. The quantitative estimate of drug-likeness (QED) is 0.736. The van der Waals surface area contributed by atoms with E-state index in [4.69, 9.17) is 5.73 Å². The van der Waals surface area contributed by atoms with Crippen LogP contribution in [0.4, 0.5) is 0 Å². The number of nitrogens with two attached hydrogens (primary N) is 1. The number of nitrogens with zero attached hydrogens (tertiary/aromatic N) is 2. The minimum atomic E-state index is 0.440. The van der Waals surface area contributed by atoms with Crippen molar-refractivity contribution in [2.75, 3.05) is 6.54 Å². The molecule has 1 heterocycles. The summed E-state index contributed by atoms with van der Waals surface area (Å²) in [7, 11) is 0. The zero-order chi connectivity index (χ0) is 9.14. The van der Waals surface area contributed by atoms with Crippen molar-refractivity contribution in [3.8, 4) is 0 Å². The number of aryl methyl sites for hydroxylation is 1. The first-order valence-corrected chi connectivity index (χ1v) is 4.40. The summed E-state index contributed by atoms with van der Waals surface area (Å²) in [6.07, 6.45) is 2.96. The summed E-state index contributed by atoms with van der Waals surface area (Å²) in [5, 5.41) is 4.44. The highest BCUT2D eigenvalue weighted by Gasteiger charge is 2.05. The molecule has 0 aliphatic rings. The third-order valence-electron chi connectivity index (χ3n) is 1.93. The maximum Gasteiger partial charge on any atom is 0.0666 e. The largest absolute Gasteiger partial charge is 0.330 e. The molecule has 3 nitrogen and oxygen atoms in total. The van der Waals surface area contributed by atoms with Crippen molar-refractivity contribution in [1.82, 2.24) is 9.78 Å². The van der Waals surface area contributed by atoms with Gasteiger partial charge in [0.1, 0.15) is 0 Å². The molecule has 0 radical (unpaired) electrons. The molecule has 68 valence electrons. The Balaban J connectivity index is 2.85. The molecule has 0 aromatic carbocycles. The van der Waals surface area contributed by atoms with Gasteiger partial charge in [0, 0.05) is 18.7 Å². The van der Waals surface area contributed by atoms with Crippen molar-refractivity contribution in [1.29, 1.82) is 0 Å². The molecule has 1 rings (SSSR count). The number of rotatable bonds is 3. The molecule has 0 atom stereocenters. The standard InChI is InChI=1S/C9H17N3/c1-7(2)12-6-8(3)9(11-12)4-5-10/h6-7H,4-5,10H2,1-3H3. The van der Waals surface area contributed by atoms with Gasteiger partial charge in [0.05, 0.1) is 5.69 Å². The Morgan fingerprint density at radius 1 is 1.58 bits per heavy atom. The van der Waals surface area contributed by atoms with Crippen LogP contribution in [-0.2, 0) is 6.42 Å². The van der Waals surface area contributed by atoms with E-state index in [9.17, 15) is 0 Å². The summed E-state index contributed by atoms with van der Waals surface area (Å²) in [4.78, 5) is 0. The van der Waals surface area contributed by atoms with Crippen LogP contribution in [-0.4, -0.2) is 16.3 Å². The summed E-state index contributed by atoms with van der Waals surface area (Å²) in [5.74, 6) is 0. The summed E-state index contributed by atoms with van der Waals surface area (Å²) in [6, 6.07) is 0.440. The smallest absolute Gasteiger partial charge is 0.0666 e. The lowest BCUT2D eigenvalue weighted by atomic mass is 10.2. The molecule has 0 saturated carbocycles. The molecule has 0 aliphatic carbocycles. The van der Waals surface area contributed by atoms with Crippen LogP contribution in [0.25, 0.3) is 0 Å². The highest BCUT2D eigenvalue weighted by atomic mass is 15.3. The zero-order valence-electron chi connectivity index (χ0n) is 8.04. The van der Waals surface area contributed by atoms with Gasteiger partial charge in [0.15, 0.2) is 0 Å². The van der Waals surface area contributed by atoms with Crippen molar-refractivity contribution < 1.29 is 0 Å². The fourth-order valence-corrected chi connectivity index (χ4v) is 1.17. The van der Waals surface area contributed by atoms with Gasteiger partial charge >= 0.3 is 0 Å². The SMILES string of the molecule is Cc1cn(C(C)C)nc1CCN. The molecule has 0 bridgehead atoms. The first-order chi connectivity index (χ1) is 5.65. The fraction of sp³-hybridized carbons (Fsp3) is 0.667. The Hall–Kier alpha value is -0.830. The topological polar surface area (TPSA) is 43.8 Å². The molecule has 12 heavy (non-hydrogen) atoms. The van der Waals surface area contributed by atoms with E-state index in [1.807, 2.05) is 4.68 Å². The molecule has 0 spiro atoms.